The van der Waals surface area contributed by atoms with E-state index in [0.29, 0.717) is 31.7 Å². The van der Waals surface area contributed by atoms with Crippen LogP contribution in [0.25, 0.3) is 11.3 Å². The molecule has 1 aromatic heterocycles. The van der Waals surface area contributed by atoms with Crippen LogP contribution in [0.5, 0.6) is 0 Å². The molecule has 2 aromatic carbocycles. The number of hydrogen-bond donors (Lipinski definition) is 0. The molecule has 0 unspecified atom stereocenters. The van der Waals surface area contributed by atoms with Gasteiger partial charge in [0.05, 0.1) is 10.6 Å². The Labute approximate surface area is 176 Å². The molecule has 2 heterocycles. The zero-order chi connectivity index (χ0) is 21.3. The van der Waals surface area contributed by atoms with Crippen molar-refractivity contribution in [2.75, 3.05) is 31.1 Å². The van der Waals surface area contributed by atoms with E-state index in [9.17, 15) is 12.8 Å². The molecule has 4 rings (SSSR count). The molecule has 0 aliphatic carbocycles. The van der Waals surface area contributed by atoms with Crippen LogP contribution in [0.2, 0.25) is 0 Å². The first-order valence-corrected chi connectivity index (χ1v) is 11.2. The molecule has 0 saturated carbocycles. The van der Waals surface area contributed by atoms with E-state index in [4.69, 9.17) is 0 Å². The molecule has 0 spiro atoms. The van der Waals surface area contributed by atoms with E-state index in [1.54, 1.807) is 6.92 Å². The fraction of sp³-hybridized carbons (Fsp3) is 0.273. The van der Waals surface area contributed by atoms with E-state index in [1.165, 1.54) is 28.1 Å². The fourth-order valence-electron chi connectivity index (χ4n) is 3.46. The predicted octanol–water partition coefficient (Wildman–Crippen LogP) is 3.41. The zero-order valence-corrected chi connectivity index (χ0v) is 17.7. The van der Waals surface area contributed by atoms with Crippen molar-refractivity contribution in [3.05, 3.63) is 71.5 Å². The van der Waals surface area contributed by atoms with Crippen molar-refractivity contribution in [2.24, 2.45) is 0 Å². The maximum atomic E-state index is 13.5. The minimum atomic E-state index is -3.65. The molecular formula is C22H23FN4O2S. The molecule has 1 aliphatic rings. The number of piperazine rings is 1. The highest BCUT2D eigenvalue weighted by Gasteiger charge is 2.29. The summed E-state index contributed by atoms with van der Waals surface area (Å²) in [6.07, 6.45) is 0. The summed E-state index contributed by atoms with van der Waals surface area (Å²) in [5, 5.41) is 8.66. The van der Waals surface area contributed by atoms with Crippen LogP contribution in [0.4, 0.5) is 10.2 Å². The van der Waals surface area contributed by atoms with Crippen molar-refractivity contribution in [1.29, 1.82) is 0 Å². The first kappa shape index (κ1) is 20.4. The number of sulfonamides is 1. The van der Waals surface area contributed by atoms with Gasteiger partial charge in [-0.15, -0.1) is 10.2 Å². The summed E-state index contributed by atoms with van der Waals surface area (Å²) < 4.78 is 40.7. The van der Waals surface area contributed by atoms with Crippen molar-refractivity contribution in [1.82, 2.24) is 14.5 Å². The van der Waals surface area contributed by atoms with Crippen LogP contribution in [0, 0.1) is 19.7 Å². The van der Waals surface area contributed by atoms with Crippen LogP contribution in [-0.4, -0.2) is 49.1 Å². The summed E-state index contributed by atoms with van der Waals surface area (Å²) >= 11 is 0. The molecule has 0 atom stereocenters. The minimum Gasteiger partial charge on any atom is -0.352 e. The molecule has 1 aliphatic heterocycles. The Morgan fingerprint density at radius 3 is 2.17 bits per heavy atom. The van der Waals surface area contributed by atoms with Gasteiger partial charge in [-0.3, -0.25) is 0 Å². The summed E-state index contributed by atoms with van der Waals surface area (Å²) in [5.74, 6) is 0.312. The second-order valence-corrected chi connectivity index (χ2v) is 9.38. The molecule has 1 saturated heterocycles. The quantitative estimate of drug-likeness (QED) is 0.640. The highest BCUT2D eigenvalue weighted by atomic mass is 32.2. The van der Waals surface area contributed by atoms with Crippen LogP contribution in [0.15, 0.2) is 59.5 Å². The van der Waals surface area contributed by atoms with Crippen LogP contribution in [0.3, 0.4) is 0 Å². The lowest BCUT2D eigenvalue weighted by Gasteiger charge is -2.34. The molecule has 0 bridgehead atoms. The Hall–Kier alpha value is -2.84. The summed E-state index contributed by atoms with van der Waals surface area (Å²) in [4.78, 5) is 2.14. The highest BCUT2D eigenvalue weighted by molar-refractivity contribution is 7.89. The van der Waals surface area contributed by atoms with Gasteiger partial charge in [-0.25, -0.2) is 12.8 Å². The Morgan fingerprint density at radius 1 is 0.867 bits per heavy atom. The van der Waals surface area contributed by atoms with Gasteiger partial charge < -0.3 is 4.90 Å². The smallest absolute Gasteiger partial charge is 0.243 e. The number of rotatable bonds is 4. The SMILES string of the molecule is Cc1ccc(-c2ccc(N3CCN(S(=O)(=O)c4ccc(F)c(C)c4)CC3)nn2)cc1. The lowest BCUT2D eigenvalue weighted by molar-refractivity contribution is 0.383. The van der Waals surface area contributed by atoms with E-state index in [-0.39, 0.29) is 4.90 Å². The number of benzene rings is 2. The summed E-state index contributed by atoms with van der Waals surface area (Å²) in [6, 6.07) is 15.8. The van der Waals surface area contributed by atoms with Gasteiger partial charge >= 0.3 is 0 Å². The number of hydrogen-bond acceptors (Lipinski definition) is 5. The average molecular weight is 427 g/mol. The maximum absolute atomic E-state index is 13.5. The molecule has 6 nitrogen and oxygen atoms in total. The Kier molecular flexibility index (Phi) is 5.53. The summed E-state index contributed by atoms with van der Waals surface area (Å²) in [6.45, 7) is 5.29. The Bertz CT molecular complexity index is 1140. The molecule has 0 N–H and O–H groups in total. The van der Waals surface area contributed by atoms with Crippen LogP contribution in [-0.2, 0) is 10.0 Å². The van der Waals surface area contributed by atoms with Crippen LogP contribution < -0.4 is 4.90 Å². The summed E-state index contributed by atoms with van der Waals surface area (Å²) in [5.41, 5.74) is 3.31. The summed E-state index contributed by atoms with van der Waals surface area (Å²) in [7, 11) is -3.65. The largest absolute Gasteiger partial charge is 0.352 e. The first-order chi connectivity index (χ1) is 14.3. The molecule has 156 valence electrons. The minimum absolute atomic E-state index is 0.122. The molecule has 30 heavy (non-hydrogen) atoms. The molecular weight excluding hydrogens is 403 g/mol. The molecule has 0 radical (unpaired) electrons. The standard InChI is InChI=1S/C22H23FN4O2S/c1-16-3-5-18(6-4-16)21-9-10-22(25-24-21)26-11-13-27(14-12-26)30(28,29)19-7-8-20(23)17(2)15-19/h3-10,15H,11-14H2,1-2H3. The van der Waals surface area contributed by atoms with Crippen LogP contribution in [0.1, 0.15) is 11.1 Å². The highest BCUT2D eigenvalue weighted by Crippen LogP contribution is 2.23. The van der Waals surface area contributed by atoms with Gasteiger partial charge in [-0.05, 0) is 49.7 Å². The predicted molar refractivity (Wildman–Crippen MR) is 114 cm³/mol. The lowest BCUT2D eigenvalue weighted by Crippen LogP contribution is -2.49. The van der Waals surface area contributed by atoms with Crippen molar-refractivity contribution >= 4 is 15.8 Å². The van der Waals surface area contributed by atoms with E-state index in [1.807, 2.05) is 48.2 Å². The Balaban J connectivity index is 1.44. The fourth-order valence-corrected chi connectivity index (χ4v) is 4.96. The number of aryl methyl sites for hydroxylation is 2. The second kappa shape index (κ2) is 8.12. The normalized spacial score (nSPS) is 15.4. The van der Waals surface area contributed by atoms with Gasteiger partial charge in [0.1, 0.15) is 5.82 Å². The third kappa shape index (κ3) is 4.06. The van der Waals surface area contributed by atoms with Crippen molar-refractivity contribution in [3.63, 3.8) is 0 Å². The number of aromatic nitrogens is 2. The van der Waals surface area contributed by atoms with Gasteiger partial charge in [-0.1, -0.05) is 29.8 Å². The van der Waals surface area contributed by atoms with E-state index in [2.05, 4.69) is 10.2 Å². The van der Waals surface area contributed by atoms with Crippen LogP contribution >= 0.6 is 0 Å². The van der Waals surface area contributed by atoms with Gasteiger partial charge in [0.15, 0.2) is 5.82 Å². The average Bonchev–Trinajstić information content (AvgIpc) is 2.76. The zero-order valence-electron chi connectivity index (χ0n) is 16.9. The van der Waals surface area contributed by atoms with Gasteiger partial charge in [0.25, 0.3) is 0 Å². The van der Waals surface area contributed by atoms with Gasteiger partial charge in [-0.2, -0.15) is 4.31 Å². The van der Waals surface area contributed by atoms with Crippen molar-refractivity contribution in [3.8, 4) is 11.3 Å². The van der Waals surface area contributed by atoms with Crippen molar-refractivity contribution in [2.45, 2.75) is 18.7 Å². The number of nitrogens with zero attached hydrogens (tertiary/aromatic N) is 4. The van der Waals surface area contributed by atoms with Crippen molar-refractivity contribution < 1.29 is 12.8 Å². The molecule has 1 fully saturated rings. The number of anilines is 1. The van der Waals surface area contributed by atoms with E-state index >= 15 is 0 Å². The van der Waals surface area contributed by atoms with E-state index in [0.717, 1.165) is 17.1 Å². The monoisotopic (exact) mass is 426 g/mol. The number of halogens is 1. The van der Waals surface area contributed by atoms with Gasteiger partial charge in [0, 0.05) is 31.7 Å². The third-order valence-electron chi connectivity index (χ3n) is 5.33. The Morgan fingerprint density at radius 2 is 1.57 bits per heavy atom. The maximum Gasteiger partial charge on any atom is 0.243 e. The van der Waals surface area contributed by atoms with E-state index < -0.39 is 15.8 Å². The lowest BCUT2D eigenvalue weighted by atomic mass is 10.1. The second-order valence-electron chi connectivity index (χ2n) is 7.44. The molecule has 0 amide bonds. The first-order valence-electron chi connectivity index (χ1n) is 9.76. The third-order valence-corrected chi connectivity index (χ3v) is 7.22. The topological polar surface area (TPSA) is 66.4 Å². The molecule has 8 heteroatoms. The van der Waals surface area contributed by atoms with Gasteiger partial charge in [0.2, 0.25) is 10.0 Å². The molecule has 3 aromatic rings.